The van der Waals surface area contributed by atoms with Gasteiger partial charge in [-0.05, 0) is 74.6 Å². The van der Waals surface area contributed by atoms with Gasteiger partial charge in [0.2, 0.25) is 0 Å². The van der Waals surface area contributed by atoms with E-state index < -0.39 is 5.60 Å². The second-order valence-electron chi connectivity index (χ2n) is 9.71. The molecule has 0 unspecified atom stereocenters. The molecular formula is C25H29FN2O3. The first-order valence-corrected chi connectivity index (χ1v) is 11.1. The van der Waals surface area contributed by atoms with Crippen LogP contribution in [0.15, 0.2) is 36.4 Å². The fourth-order valence-electron chi connectivity index (χ4n) is 5.14. The van der Waals surface area contributed by atoms with Crippen molar-refractivity contribution >= 4 is 11.8 Å². The number of carbonyl (C=O) groups is 1. The van der Waals surface area contributed by atoms with E-state index in [4.69, 9.17) is 9.47 Å². The third kappa shape index (κ3) is 3.73. The number of rotatable bonds is 1. The van der Waals surface area contributed by atoms with Crippen LogP contribution in [0.25, 0.3) is 11.1 Å². The van der Waals surface area contributed by atoms with Crippen molar-refractivity contribution in [3.8, 4) is 16.9 Å². The zero-order valence-corrected chi connectivity index (χ0v) is 18.4. The largest absolute Gasteiger partial charge is 0.491 e. The molecule has 0 aliphatic carbocycles. The van der Waals surface area contributed by atoms with Gasteiger partial charge in [-0.15, -0.1) is 0 Å². The van der Waals surface area contributed by atoms with Crippen LogP contribution in [0, 0.1) is 5.82 Å². The van der Waals surface area contributed by atoms with Crippen molar-refractivity contribution in [2.45, 2.75) is 51.2 Å². The number of ether oxygens (including phenoxy) is 2. The Hall–Kier alpha value is -2.76. The van der Waals surface area contributed by atoms with Gasteiger partial charge in [0.25, 0.3) is 0 Å². The molecule has 0 N–H and O–H groups in total. The van der Waals surface area contributed by atoms with Gasteiger partial charge >= 0.3 is 6.09 Å². The number of amides is 1. The molecule has 0 radical (unpaired) electrons. The number of carbonyl (C=O) groups excluding carboxylic acids is 1. The Bertz CT molecular complexity index is 1020. The lowest BCUT2D eigenvalue weighted by molar-refractivity contribution is 0.0189. The van der Waals surface area contributed by atoms with E-state index in [0.29, 0.717) is 25.7 Å². The summed E-state index contributed by atoms with van der Waals surface area (Å²) in [5, 5.41) is 0. The van der Waals surface area contributed by atoms with Crippen LogP contribution in [0.3, 0.4) is 0 Å². The van der Waals surface area contributed by atoms with Crippen LogP contribution in [0.1, 0.15) is 45.1 Å². The van der Waals surface area contributed by atoms with Crippen LogP contribution in [-0.4, -0.2) is 48.9 Å². The SMILES string of the molecule is CC(C)(C)OC(=O)N1CC[C@H]2[C@@H](C1)c1cc(-c3cccc(F)c3)cc3c1N2CCCO3. The standard InChI is InChI=1S/C25H29FN2O3/c1-25(2,3)31-24(29)27-10-8-21-20(15-27)19-13-17(16-6-4-7-18(26)12-16)14-22-23(19)28(21)9-5-11-30-22/h4,6-7,12-14,20-21H,5,8-11,15H2,1-3H3/t20-,21-/m0/s1. The van der Waals surface area contributed by atoms with Crippen molar-refractivity contribution in [2.24, 2.45) is 0 Å². The molecule has 3 heterocycles. The lowest BCUT2D eigenvalue weighted by atomic mass is 9.87. The number of hydrogen-bond donors (Lipinski definition) is 0. The predicted octanol–water partition coefficient (Wildman–Crippen LogP) is 5.19. The Morgan fingerprint density at radius 3 is 2.77 bits per heavy atom. The number of anilines is 1. The van der Waals surface area contributed by atoms with Gasteiger partial charge in [0, 0.05) is 31.6 Å². The first kappa shape index (κ1) is 20.2. The summed E-state index contributed by atoms with van der Waals surface area (Å²) in [6.07, 6.45) is 1.60. The van der Waals surface area contributed by atoms with Crippen LogP contribution >= 0.6 is 0 Å². The van der Waals surface area contributed by atoms with Gasteiger partial charge in [-0.3, -0.25) is 0 Å². The number of piperidine rings is 1. The lowest BCUT2D eigenvalue weighted by Crippen LogP contribution is -2.49. The highest BCUT2D eigenvalue weighted by Crippen LogP contribution is 2.51. The molecule has 5 nitrogen and oxygen atoms in total. The molecule has 2 aromatic rings. The quantitative estimate of drug-likeness (QED) is 0.632. The van der Waals surface area contributed by atoms with Crippen LogP contribution < -0.4 is 9.64 Å². The van der Waals surface area contributed by atoms with Crippen molar-refractivity contribution in [2.75, 3.05) is 31.1 Å². The Morgan fingerprint density at radius 2 is 2.00 bits per heavy atom. The summed E-state index contributed by atoms with van der Waals surface area (Å²) in [4.78, 5) is 17.1. The zero-order chi connectivity index (χ0) is 21.8. The van der Waals surface area contributed by atoms with Gasteiger partial charge in [-0.25, -0.2) is 9.18 Å². The van der Waals surface area contributed by atoms with E-state index in [1.165, 1.54) is 11.6 Å². The van der Waals surface area contributed by atoms with Crippen LogP contribution in [0.4, 0.5) is 14.9 Å². The summed E-state index contributed by atoms with van der Waals surface area (Å²) in [6, 6.07) is 11.2. The molecule has 0 aromatic heterocycles. The summed E-state index contributed by atoms with van der Waals surface area (Å²) in [5.41, 5.74) is 3.61. The number of fused-ring (bicyclic) bond motifs is 3. The molecule has 5 rings (SSSR count). The molecule has 0 spiro atoms. The van der Waals surface area contributed by atoms with Crippen molar-refractivity contribution in [1.29, 1.82) is 0 Å². The van der Waals surface area contributed by atoms with E-state index in [1.807, 2.05) is 37.8 Å². The summed E-state index contributed by atoms with van der Waals surface area (Å²) in [5.74, 6) is 0.802. The van der Waals surface area contributed by atoms with E-state index in [9.17, 15) is 9.18 Å². The van der Waals surface area contributed by atoms with Crippen molar-refractivity contribution in [3.05, 3.63) is 47.8 Å². The number of halogens is 1. The normalized spacial score (nSPS) is 22.3. The second-order valence-corrected chi connectivity index (χ2v) is 9.71. The average Bonchev–Trinajstić information content (AvgIpc) is 2.87. The van der Waals surface area contributed by atoms with Gasteiger partial charge in [-0.2, -0.15) is 0 Å². The molecule has 0 bridgehead atoms. The fraction of sp³-hybridized carbons (Fsp3) is 0.480. The Kier molecular flexibility index (Phi) is 4.83. The summed E-state index contributed by atoms with van der Waals surface area (Å²) in [7, 11) is 0. The van der Waals surface area contributed by atoms with Gasteiger partial charge < -0.3 is 19.3 Å². The highest BCUT2D eigenvalue weighted by atomic mass is 19.1. The zero-order valence-electron chi connectivity index (χ0n) is 18.4. The van der Waals surface area contributed by atoms with E-state index in [-0.39, 0.29) is 17.8 Å². The maximum atomic E-state index is 13.9. The molecular weight excluding hydrogens is 395 g/mol. The predicted molar refractivity (Wildman–Crippen MR) is 118 cm³/mol. The highest BCUT2D eigenvalue weighted by molar-refractivity contribution is 5.79. The fourth-order valence-corrected chi connectivity index (χ4v) is 5.14. The number of likely N-dealkylation sites (tertiary alicyclic amines) is 1. The first-order valence-electron chi connectivity index (χ1n) is 11.1. The molecule has 1 fully saturated rings. The third-order valence-corrected chi connectivity index (χ3v) is 6.38. The molecule has 1 amide bonds. The van der Waals surface area contributed by atoms with Crippen molar-refractivity contribution in [1.82, 2.24) is 4.90 Å². The molecule has 164 valence electrons. The Labute approximate surface area is 182 Å². The minimum Gasteiger partial charge on any atom is -0.491 e. The van der Waals surface area contributed by atoms with E-state index in [2.05, 4.69) is 11.0 Å². The van der Waals surface area contributed by atoms with Crippen LogP contribution in [0.2, 0.25) is 0 Å². The summed E-state index contributed by atoms with van der Waals surface area (Å²) in [6.45, 7) is 8.62. The third-order valence-electron chi connectivity index (χ3n) is 6.38. The molecule has 0 saturated carbocycles. The van der Waals surface area contributed by atoms with Crippen LogP contribution in [0.5, 0.6) is 5.75 Å². The minimum absolute atomic E-state index is 0.185. The first-order chi connectivity index (χ1) is 14.8. The van der Waals surface area contributed by atoms with Crippen molar-refractivity contribution < 1.29 is 18.7 Å². The smallest absolute Gasteiger partial charge is 0.410 e. The van der Waals surface area contributed by atoms with Gasteiger partial charge in [0.1, 0.15) is 17.2 Å². The minimum atomic E-state index is -0.514. The Morgan fingerprint density at radius 1 is 1.16 bits per heavy atom. The molecule has 6 heteroatoms. The Balaban J connectivity index is 1.53. The highest BCUT2D eigenvalue weighted by Gasteiger charge is 2.45. The van der Waals surface area contributed by atoms with E-state index in [0.717, 1.165) is 42.0 Å². The molecule has 31 heavy (non-hydrogen) atoms. The molecule has 2 atom stereocenters. The van der Waals surface area contributed by atoms with Gasteiger partial charge in [-0.1, -0.05) is 12.1 Å². The van der Waals surface area contributed by atoms with Gasteiger partial charge in [0.05, 0.1) is 12.3 Å². The number of nitrogens with zero attached hydrogens (tertiary/aromatic N) is 2. The molecule has 3 aliphatic rings. The monoisotopic (exact) mass is 424 g/mol. The summed E-state index contributed by atoms with van der Waals surface area (Å²) >= 11 is 0. The topological polar surface area (TPSA) is 42.0 Å². The second kappa shape index (κ2) is 7.43. The summed E-state index contributed by atoms with van der Waals surface area (Å²) < 4.78 is 25.7. The molecule has 1 saturated heterocycles. The maximum absolute atomic E-state index is 13.9. The number of hydrogen-bond acceptors (Lipinski definition) is 4. The van der Waals surface area contributed by atoms with Crippen molar-refractivity contribution in [3.63, 3.8) is 0 Å². The van der Waals surface area contributed by atoms with E-state index >= 15 is 0 Å². The van der Waals surface area contributed by atoms with Crippen LogP contribution in [-0.2, 0) is 4.74 Å². The lowest BCUT2D eigenvalue weighted by Gasteiger charge is -2.39. The molecule has 3 aliphatic heterocycles. The number of benzene rings is 2. The van der Waals surface area contributed by atoms with Gasteiger partial charge in [0.15, 0.2) is 0 Å². The average molecular weight is 425 g/mol. The molecule has 2 aromatic carbocycles. The van der Waals surface area contributed by atoms with E-state index in [1.54, 1.807) is 12.1 Å². The maximum Gasteiger partial charge on any atom is 0.410 e.